The number of aryl methyl sites for hydroxylation is 1. The third-order valence-electron chi connectivity index (χ3n) is 5.37. The Morgan fingerprint density at radius 1 is 0.970 bits per heavy atom. The van der Waals surface area contributed by atoms with Crippen molar-refractivity contribution < 1.29 is 0 Å². The molecule has 1 aliphatic heterocycles. The molecule has 5 rings (SSSR count). The van der Waals surface area contributed by atoms with Crippen molar-refractivity contribution in [1.29, 1.82) is 0 Å². The molecular formula is C27H24ClN5. The number of hydrogen-bond donors (Lipinski definition) is 1. The Kier molecular flexibility index (Phi) is 5.56. The summed E-state index contributed by atoms with van der Waals surface area (Å²) in [5.74, 6) is 0. The second kappa shape index (κ2) is 8.68. The molecule has 0 saturated carbocycles. The molecule has 0 bridgehead atoms. The van der Waals surface area contributed by atoms with Gasteiger partial charge in [0.05, 0.1) is 45.4 Å². The summed E-state index contributed by atoms with van der Waals surface area (Å²) in [4.78, 5) is 14.3. The topological polar surface area (TPSA) is 55.1 Å². The van der Waals surface area contributed by atoms with Crippen LogP contribution in [0, 0.1) is 6.92 Å². The molecule has 0 radical (unpaired) electrons. The number of benzene rings is 3. The minimum atomic E-state index is 0.136. The lowest BCUT2D eigenvalue weighted by molar-refractivity contribution is 0.806. The van der Waals surface area contributed by atoms with Crippen molar-refractivity contribution in [2.75, 3.05) is 5.32 Å². The third kappa shape index (κ3) is 4.32. The van der Waals surface area contributed by atoms with Crippen LogP contribution in [-0.4, -0.2) is 20.6 Å². The fourth-order valence-corrected chi connectivity index (χ4v) is 4.02. The molecule has 6 heteroatoms. The van der Waals surface area contributed by atoms with Crippen molar-refractivity contribution in [3.63, 3.8) is 0 Å². The number of nitrogens with one attached hydrogen (secondary N) is 1. The van der Waals surface area contributed by atoms with Gasteiger partial charge in [0.25, 0.3) is 0 Å². The number of pyridine rings is 1. The second-order valence-electron chi connectivity index (χ2n) is 8.31. The summed E-state index contributed by atoms with van der Waals surface area (Å²) in [6.07, 6.45) is 1.83. The van der Waals surface area contributed by atoms with Gasteiger partial charge < -0.3 is 9.88 Å². The van der Waals surface area contributed by atoms with Crippen LogP contribution in [-0.2, 0) is 0 Å². The first-order chi connectivity index (χ1) is 16.0. The Morgan fingerprint density at radius 2 is 1.76 bits per heavy atom. The fourth-order valence-electron chi connectivity index (χ4n) is 3.89. The maximum absolute atomic E-state index is 6.18. The number of para-hydroxylation sites is 2. The number of anilines is 2. The van der Waals surface area contributed by atoms with Crippen molar-refractivity contribution in [1.82, 2.24) is 14.5 Å². The molecule has 1 aromatic heterocycles. The minimum Gasteiger partial charge on any atom is -0.352 e. The van der Waals surface area contributed by atoms with Gasteiger partial charge >= 0.3 is 0 Å². The van der Waals surface area contributed by atoms with Gasteiger partial charge in [0.15, 0.2) is 0 Å². The number of fused-ring (bicyclic) bond motifs is 2. The van der Waals surface area contributed by atoms with Gasteiger partial charge in [-0.1, -0.05) is 23.7 Å². The molecule has 33 heavy (non-hydrogen) atoms. The van der Waals surface area contributed by atoms with Crippen LogP contribution in [0.5, 0.6) is 0 Å². The lowest BCUT2D eigenvalue weighted by atomic mass is 10.1. The number of aromatic nitrogens is 3. The van der Waals surface area contributed by atoms with Crippen LogP contribution < -0.4 is 10.7 Å². The number of nitrogens with zero attached hydrogens (tertiary/aromatic N) is 4. The number of rotatable bonds is 4. The summed E-state index contributed by atoms with van der Waals surface area (Å²) >= 11 is 6.18. The molecule has 164 valence electrons. The van der Waals surface area contributed by atoms with Gasteiger partial charge in [-0.05, 0) is 81.4 Å². The molecule has 1 aliphatic carbocycles. The summed E-state index contributed by atoms with van der Waals surface area (Å²) in [6.45, 7) is 6.13. The van der Waals surface area contributed by atoms with Crippen molar-refractivity contribution in [2.24, 2.45) is 4.99 Å². The molecule has 0 fully saturated rings. The SMILES string of the molecule is Cc1ccc(Nc2cc3nc4ccccc4n(-c4ccc(Cl)cc4)c-3c/c2=N\C(C)C)cn1. The molecule has 2 aliphatic rings. The molecule has 1 N–H and O–H groups in total. The fraction of sp³-hybridized carbons (Fsp3) is 0.148. The highest BCUT2D eigenvalue weighted by atomic mass is 35.5. The van der Waals surface area contributed by atoms with Crippen molar-refractivity contribution in [3.8, 4) is 17.1 Å². The van der Waals surface area contributed by atoms with E-state index < -0.39 is 0 Å². The first kappa shape index (κ1) is 21.2. The number of hydrogen-bond acceptors (Lipinski definition) is 4. The Hall–Kier alpha value is -3.70. The van der Waals surface area contributed by atoms with Crippen LogP contribution in [0.3, 0.4) is 0 Å². The quantitative estimate of drug-likeness (QED) is 0.314. The monoisotopic (exact) mass is 453 g/mol. The smallest absolute Gasteiger partial charge is 0.0900 e. The van der Waals surface area contributed by atoms with Gasteiger partial charge in [0.1, 0.15) is 0 Å². The van der Waals surface area contributed by atoms with Crippen LogP contribution in [0.15, 0.2) is 84.0 Å². The van der Waals surface area contributed by atoms with Gasteiger partial charge in [-0.2, -0.15) is 0 Å². The van der Waals surface area contributed by atoms with E-state index in [2.05, 4.69) is 46.9 Å². The van der Waals surface area contributed by atoms with Crippen LogP contribution in [0.2, 0.25) is 5.02 Å². The first-order valence-electron chi connectivity index (χ1n) is 10.9. The lowest BCUT2D eigenvalue weighted by Crippen LogP contribution is -2.16. The van der Waals surface area contributed by atoms with E-state index in [0.29, 0.717) is 5.02 Å². The van der Waals surface area contributed by atoms with Crippen molar-refractivity contribution in [2.45, 2.75) is 26.8 Å². The predicted octanol–water partition coefficient (Wildman–Crippen LogP) is 6.54. The van der Waals surface area contributed by atoms with Crippen LogP contribution >= 0.6 is 11.6 Å². The average Bonchev–Trinajstić information content (AvgIpc) is 2.80. The highest BCUT2D eigenvalue weighted by Gasteiger charge is 2.16. The highest BCUT2D eigenvalue weighted by Crippen LogP contribution is 2.30. The molecule has 0 spiro atoms. The van der Waals surface area contributed by atoms with E-state index in [9.17, 15) is 0 Å². The van der Waals surface area contributed by atoms with E-state index in [1.807, 2.05) is 67.7 Å². The minimum absolute atomic E-state index is 0.136. The second-order valence-corrected chi connectivity index (χ2v) is 8.74. The van der Waals surface area contributed by atoms with Crippen LogP contribution in [0.25, 0.3) is 28.1 Å². The Balaban J connectivity index is 1.80. The van der Waals surface area contributed by atoms with Crippen molar-refractivity contribution in [3.05, 3.63) is 95.1 Å². The van der Waals surface area contributed by atoms with Gasteiger partial charge in [0, 0.05) is 22.4 Å². The molecule has 0 unspecified atom stereocenters. The summed E-state index contributed by atoms with van der Waals surface area (Å²) in [7, 11) is 0. The van der Waals surface area contributed by atoms with Gasteiger partial charge in [-0.3, -0.25) is 9.98 Å². The van der Waals surface area contributed by atoms with Crippen LogP contribution in [0.4, 0.5) is 11.4 Å². The summed E-state index contributed by atoms with van der Waals surface area (Å²) in [6, 6.07) is 24.3. The molecule has 0 atom stereocenters. The van der Waals surface area contributed by atoms with E-state index in [1.165, 1.54) is 0 Å². The van der Waals surface area contributed by atoms with E-state index in [1.54, 1.807) is 0 Å². The third-order valence-corrected chi connectivity index (χ3v) is 5.62. The molecule has 5 nitrogen and oxygen atoms in total. The zero-order valence-corrected chi connectivity index (χ0v) is 19.5. The summed E-state index contributed by atoms with van der Waals surface area (Å²) in [5.41, 5.74) is 7.57. The van der Waals surface area contributed by atoms with Crippen LogP contribution in [0.1, 0.15) is 19.5 Å². The van der Waals surface area contributed by atoms with Crippen molar-refractivity contribution >= 4 is 34.0 Å². The van der Waals surface area contributed by atoms with Gasteiger partial charge in [-0.25, -0.2) is 4.98 Å². The first-order valence-corrected chi connectivity index (χ1v) is 11.3. The Morgan fingerprint density at radius 3 is 2.48 bits per heavy atom. The normalized spacial score (nSPS) is 12.1. The van der Waals surface area contributed by atoms with Gasteiger partial charge in [-0.15, -0.1) is 0 Å². The van der Waals surface area contributed by atoms with E-state index in [-0.39, 0.29) is 6.04 Å². The standard InChI is InChI=1S/C27H24ClN5/c1-17(2)30-24-15-27-25(14-23(24)31-20-11-8-18(3)29-16-20)32-22-6-4-5-7-26(22)33(27)21-12-9-19(28)10-13-21/h4-17,31H,1-3H3/b30-24+. The Labute approximate surface area is 197 Å². The largest absolute Gasteiger partial charge is 0.352 e. The molecule has 2 aromatic carbocycles. The Bertz CT molecular complexity index is 1470. The average molecular weight is 454 g/mol. The summed E-state index contributed by atoms with van der Waals surface area (Å²) < 4.78 is 2.21. The predicted molar refractivity (Wildman–Crippen MR) is 136 cm³/mol. The molecule has 0 saturated heterocycles. The lowest BCUT2D eigenvalue weighted by Gasteiger charge is -2.20. The van der Waals surface area contributed by atoms with E-state index in [4.69, 9.17) is 21.6 Å². The zero-order valence-electron chi connectivity index (χ0n) is 18.7. The highest BCUT2D eigenvalue weighted by molar-refractivity contribution is 6.30. The van der Waals surface area contributed by atoms with E-state index >= 15 is 0 Å². The zero-order chi connectivity index (χ0) is 22.9. The molecular weight excluding hydrogens is 430 g/mol. The van der Waals surface area contributed by atoms with E-state index in [0.717, 1.165) is 50.5 Å². The molecule has 2 heterocycles. The molecule has 0 amide bonds. The maximum atomic E-state index is 6.18. The van der Waals surface area contributed by atoms with Gasteiger partial charge in [0.2, 0.25) is 0 Å². The number of halogens is 1. The maximum Gasteiger partial charge on any atom is 0.0900 e. The molecule has 3 aromatic rings. The summed E-state index contributed by atoms with van der Waals surface area (Å²) in [5, 5.41) is 5.07.